The van der Waals surface area contributed by atoms with Gasteiger partial charge in [-0.25, -0.2) is 0 Å². The molecule has 0 saturated carbocycles. The van der Waals surface area contributed by atoms with Crippen LogP contribution in [0.25, 0.3) is 0 Å². The lowest BCUT2D eigenvalue weighted by atomic mass is 10.0. The Morgan fingerprint density at radius 3 is 2.55 bits per heavy atom. The van der Waals surface area contributed by atoms with Crippen molar-refractivity contribution in [2.45, 2.75) is 27.2 Å². The van der Waals surface area contributed by atoms with Crippen molar-refractivity contribution < 1.29 is 9.72 Å². The van der Waals surface area contributed by atoms with Crippen LogP contribution < -0.4 is 11.3 Å². The molecule has 0 aliphatic heterocycles. The summed E-state index contributed by atoms with van der Waals surface area (Å²) in [7, 11) is 0. The van der Waals surface area contributed by atoms with E-state index < -0.39 is 4.92 Å². The molecule has 0 atom stereocenters. The SMILES string of the molecule is CCCN(CC)C(=O)c1cc([N+](=O)[O-])c(NN)cc1C. The molecule has 0 radical (unpaired) electrons. The van der Waals surface area contributed by atoms with Crippen molar-refractivity contribution in [3.63, 3.8) is 0 Å². The average Bonchev–Trinajstić information content (AvgIpc) is 2.43. The third kappa shape index (κ3) is 3.24. The van der Waals surface area contributed by atoms with Crippen LogP contribution in [0.3, 0.4) is 0 Å². The highest BCUT2D eigenvalue weighted by atomic mass is 16.6. The Morgan fingerprint density at radius 2 is 2.10 bits per heavy atom. The molecule has 1 aromatic carbocycles. The zero-order chi connectivity index (χ0) is 15.3. The van der Waals surface area contributed by atoms with Crippen molar-refractivity contribution in [1.82, 2.24) is 4.90 Å². The topological polar surface area (TPSA) is 102 Å². The summed E-state index contributed by atoms with van der Waals surface area (Å²) in [5.74, 6) is 5.07. The fraction of sp³-hybridized carbons (Fsp3) is 0.462. The first kappa shape index (κ1) is 15.9. The van der Waals surface area contributed by atoms with Gasteiger partial charge in [-0.3, -0.25) is 20.8 Å². The Hall–Kier alpha value is -2.15. The van der Waals surface area contributed by atoms with E-state index in [4.69, 9.17) is 5.84 Å². The summed E-state index contributed by atoms with van der Waals surface area (Å²) < 4.78 is 0. The Morgan fingerprint density at radius 1 is 1.45 bits per heavy atom. The summed E-state index contributed by atoms with van der Waals surface area (Å²) in [6.07, 6.45) is 0.836. The molecular formula is C13H20N4O3. The molecule has 0 saturated heterocycles. The normalized spacial score (nSPS) is 10.2. The Balaban J connectivity index is 3.27. The van der Waals surface area contributed by atoms with Gasteiger partial charge in [0.25, 0.3) is 11.6 Å². The molecule has 0 aromatic heterocycles. The number of nitrogens with one attached hydrogen (secondary N) is 1. The van der Waals surface area contributed by atoms with E-state index in [1.54, 1.807) is 11.8 Å². The van der Waals surface area contributed by atoms with Gasteiger partial charge in [-0.15, -0.1) is 0 Å². The van der Waals surface area contributed by atoms with Crippen molar-refractivity contribution in [3.8, 4) is 0 Å². The van der Waals surface area contributed by atoms with Crippen LogP contribution in [0, 0.1) is 17.0 Å². The van der Waals surface area contributed by atoms with Gasteiger partial charge in [0.15, 0.2) is 0 Å². The van der Waals surface area contributed by atoms with Crippen LogP contribution in [0.15, 0.2) is 12.1 Å². The van der Waals surface area contributed by atoms with Crippen LogP contribution in [0.1, 0.15) is 36.2 Å². The van der Waals surface area contributed by atoms with Crippen molar-refractivity contribution in [3.05, 3.63) is 33.4 Å². The van der Waals surface area contributed by atoms with Crippen LogP contribution >= 0.6 is 0 Å². The van der Waals surface area contributed by atoms with E-state index in [0.717, 1.165) is 6.42 Å². The summed E-state index contributed by atoms with van der Waals surface area (Å²) in [4.78, 5) is 24.5. The Bertz CT molecular complexity index is 517. The molecule has 0 aliphatic rings. The molecule has 0 bridgehead atoms. The number of nitro groups is 1. The zero-order valence-electron chi connectivity index (χ0n) is 12.0. The second-order valence-electron chi connectivity index (χ2n) is 4.47. The van der Waals surface area contributed by atoms with Crippen LogP contribution in [-0.4, -0.2) is 28.8 Å². The highest BCUT2D eigenvalue weighted by Gasteiger charge is 2.22. The third-order valence-electron chi connectivity index (χ3n) is 3.09. The maximum atomic E-state index is 12.4. The standard InChI is InChI=1S/C13H20N4O3/c1-4-6-16(5-2)13(18)10-8-12(17(19)20)11(15-14)7-9(10)3/h7-8,15H,4-6,14H2,1-3H3. The number of carbonyl (C=O) groups is 1. The number of hydrogen-bond acceptors (Lipinski definition) is 5. The van der Waals surface area contributed by atoms with Gasteiger partial charge in [-0.05, 0) is 31.9 Å². The van der Waals surface area contributed by atoms with Gasteiger partial charge in [0.2, 0.25) is 0 Å². The van der Waals surface area contributed by atoms with Gasteiger partial charge in [0, 0.05) is 24.7 Å². The summed E-state index contributed by atoms with van der Waals surface area (Å²) in [5.41, 5.74) is 3.28. The van der Waals surface area contributed by atoms with Crippen molar-refractivity contribution >= 4 is 17.3 Å². The molecule has 0 spiro atoms. The van der Waals surface area contributed by atoms with Crippen molar-refractivity contribution in [1.29, 1.82) is 0 Å². The minimum atomic E-state index is -0.554. The summed E-state index contributed by atoms with van der Waals surface area (Å²) >= 11 is 0. The second kappa shape index (κ2) is 6.85. The third-order valence-corrected chi connectivity index (χ3v) is 3.09. The molecule has 7 nitrogen and oxygen atoms in total. The zero-order valence-corrected chi connectivity index (χ0v) is 12.0. The van der Waals surface area contributed by atoms with E-state index in [9.17, 15) is 14.9 Å². The quantitative estimate of drug-likeness (QED) is 0.472. The number of hydrazine groups is 1. The Kier molecular flexibility index (Phi) is 5.45. The number of nitrogen functional groups attached to an aromatic ring is 1. The van der Waals surface area contributed by atoms with Crippen LogP contribution in [0.4, 0.5) is 11.4 Å². The summed E-state index contributed by atoms with van der Waals surface area (Å²) in [5, 5.41) is 11.0. The number of nitro benzene ring substituents is 1. The predicted molar refractivity (Wildman–Crippen MR) is 77.5 cm³/mol. The van der Waals surface area contributed by atoms with Gasteiger partial charge < -0.3 is 10.3 Å². The molecule has 1 rings (SSSR count). The number of aryl methyl sites for hydroxylation is 1. The van der Waals surface area contributed by atoms with Gasteiger partial charge in [-0.1, -0.05) is 6.92 Å². The first-order chi connectivity index (χ1) is 9.46. The van der Waals surface area contributed by atoms with E-state index in [2.05, 4.69) is 5.43 Å². The first-order valence-electron chi connectivity index (χ1n) is 6.51. The average molecular weight is 280 g/mol. The molecule has 0 fully saturated rings. The van der Waals surface area contributed by atoms with E-state index >= 15 is 0 Å². The largest absolute Gasteiger partial charge is 0.339 e. The van der Waals surface area contributed by atoms with E-state index in [0.29, 0.717) is 24.2 Å². The predicted octanol–water partition coefficient (Wildman–Crippen LogP) is 2.06. The smallest absolute Gasteiger partial charge is 0.294 e. The molecule has 1 amide bonds. The lowest BCUT2D eigenvalue weighted by Gasteiger charge is -2.21. The molecule has 1 aromatic rings. The molecule has 7 heteroatoms. The second-order valence-corrected chi connectivity index (χ2v) is 4.47. The van der Waals surface area contributed by atoms with E-state index in [-0.39, 0.29) is 17.3 Å². The van der Waals surface area contributed by atoms with Crippen LogP contribution in [-0.2, 0) is 0 Å². The van der Waals surface area contributed by atoms with Crippen molar-refractivity contribution in [2.75, 3.05) is 18.5 Å². The minimum Gasteiger partial charge on any atom is -0.339 e. The molecule has 0 unspecified atom stereocenters. The number of rotatable bonds is 6. The number of anilines is 1. The van der Waals surface area contributed by atoms with Crippen LogP contribution in [0.2, 0.25) is 0 Å². The number of hydrogen-bond donors (Lipinski definition) is 2. The van der Waals surface area contributed by atoms with Gasteiger partial charge in [-0.2, -0.15) is 0 Å². The highest BCUT2D eigenvalue weighted by molar-refractivity contribution is 5.97. The number of nitrogens with zero attached hydrogens (tertiary/aromatic N) is 2. The maximum Gasteiger partial charge on any atom is 0.294 e. The fourth-order valence-corrected chi connectivity index (χ4v) is 2.04. The van der Waals surface area contributed by atoms with Gasteiger partial charge >= 0.3 is 0 Å². The first-order valence-corrected chi connectivity index (χ1v) is 6.51. The molecule has 0 aliphatic carbocycles. The molecular weight excluding hydrogens is 260 g/mol. The molecule has 0 heterocycles. The number of amides is 1. The lowest BCUT2D eigenvalue weighted by Crippen LogP contribution is -2.32. The molecule has 110 valence electrons. The minimum absolute atomic E-state index is 0.196. The number of carbonyl (C=O) groups excluding carboxylic acids is 1. The van der Waals surface area contributed by atoms with Gasteiger partial charge in [0.1, 0.15) is 5.69 Å². The summed E-state index contributed by atoms with van der Waals surface area (Å²) in [6, 6.07) is 2.80. The van der Waals surface area contributed by atoms with Crippen molar-refractivity contribution in [2.24, 2.45) is 5.84 Å². The van der Waals surface area contributed by atoms with Gasteiger partial charge in [0.05, 0.1) is 4.92 Å². The summed E-state index contributed by atoms with van der Waals surface area (Å²) in [6.45, 7) is 6.79. The molecule has 3 N–H and O–H groups in total. The maximum absolute atomic E-state index is 12.4. The monoisotopic (exact) mass is 280 g/mol. The fourth-order valence-electron chi connectivity index (χ4n) is 2.04. The Labute approximate surface area is 117 Å². The van der Waals surface area contributed by atoms with E-state index in [1.165, 1.54) is 12.1 Å². The number of benzene rings is 1. The highest BCUT2D eigenvalue weighted by Crippen LogP contribution is 2.28. The lowest BCUT2D eigenvalue weighted by molar-refractivity contribution is -0.384. The van der Waals surface area contributed by atoms with Crippen LogP contribution in [0.5, 0.6) is 0 Å². The van der Waals surface area contributed by atoms with E-state index in [1.807, 2.05) is 13.8 Å². The molecule has 20 heavy (non-hydrogen) atoms. The number of nitrogens with two attached hydrogens (primary N) is 1.